The topological polar surface area (TPSA) is 81.0 Å². The summed E-state index contributed by atoms with van der Waals surface area (Å²) in [5, 5.41) is 16.5. The first-order valence-corrected chi connectivity index (χ1v) is 7.79. The molecule has 0 bridgehead atoms. The standard InChI is InChI=1S/C12H14N4O2S2/c1-3-6-13-10-5-4-9(16(17)18)11(15-10)20-12-14-8(2)7-19-12/h4-5,7H,3,6H2,1-2H3,(H,13,15). The normalized spacial score (nSPS) is 10.5. The molecule has 0 saturated carbocycles. The van der Waals surface area contributed by atoms with Gasteiger partial charge in [0.1, 0.15) is 5.82 Å². The lowest BCUT2D eigenvalue weighted by molar-refractivity contribution is -0.388. The quantitative estimate of drug-likeness (QED) is 0.647. The highest BCUT2D eigenvalue weighted by Crippen LogP contribution is 2.35. The maximum absolute atomic E-state index is 11.1. The van der Waals surface area contributed by atoms with Crippen molar-refractivity contribution < 1.29 is 4.92 Å². The van der Waals surface area contributed by atoms with Crippen molar-refractivity contribution in [2.24, 2.45) is 0 Å². The van der Waals surface area contributed by atoms with E-state index in [4.69, 9.17) is 0 Å². The molecule has 0 fully saturated rings. The molecule has 2 heterocycles. The third-order valence-electron chi connectivity index (χ3n) is 2.37. The highest BCUT2D eigenvalue weighted by molar-refractivity contribution is 8.01. The highest BCUT2D eigenvalue weighted by atomic mass is 32.2. The molecule has 0 aliphatic rings. The van der Waals surface area contributed by atoms with Crippen molar-refractivity contribution in [3.8, 4) is 0 Å². The fourth-order valence-corrected chi connectivity index (χ4v) is 3.30. The molecule has 0 aliphatic heterocycles. The minimum atomic E-state index is -0.417. The Bertz CT molecular complexity index is 615. The maximum Gasteiger partial charge on any atom is 0.301 e. The van der Waals surface area contributed by atoms with E-state index in [9.17, 15) is 10.1 Å². The summed E-state index contributed by atoms with van der Waals surface area (Å²) < 4.78 is 0.755. The van der Waals surface area contributed by atoms with Crippen molar-refractivity contribution in [2.45, 2.75) is 29.6 Å². The predicted molar refractivity (Wildman–Crippen MR) is 80.6 cm³/mol. The number of hydrogen-bond donors (Lipinski definition) is 1. The first kappa shape index (κ1) is 14.7. The Morgan fingerprint density at radius 2 is 2.25 bits per heavy atom. The molecule has 0 spiro atoms. The second-order valence-corrected chi connectivity index (χ2v) is 6.16. The predicted octanol–water partition coefficient (Wildman–Crippen LogP) is 3.73. The molecule has 106 valence electrons. The summed E-state index contributed by atoms with van der Waals surface area (Å²) in [6, 6.07) is 3.11. The van der Waals surface area contributed by atoms with Crippen LogP contribution in [0.15, 0.2) is 26.9 Å². The number of anilines is 1. The van der Waals surface area contributed by atoms with Crippen LogP contribution in [0.25, 0.3) is 0 Å². The van der Waals surface area contributed by atoms with Crippen LogP contribution >= 0.6 is 23.1 Å². The number of rotatable bonds is 6. The molecular formula is C12H14N4O2S2. The first-order valence-electron chi connectivity index (χ1n) is 6.09. The molecule has 0 unspecified atom stereocenters. The summed E-state index contributed by atoms with van der Waals surface area (Å²) in [5.41, 5.74) is 0.908. The molecule has 0 amide bonds. The molecule has 8 heteroatoms. The number of nitro groups is 1. The van der Waals surface area contributed by atoms with Gasteiger partial charge < -0.3 is 5.32 Å². The summed E-state index contributed by atoms with van der Waals surface area (Å²) in [4.78, 5) is 19.2. The molecule has 20 heavy (non-hydrogen) atoms. The van der Waals surface area contributed by atoms with Crippen molar-refractivity contribution in [1.82, 2.24) is 9.97 Å². The van der Waals surface area contributed by atoms with Gasteiger partial charge in [0.05, 0.1) is 4.92 Å². The molecule has 1 N–H and O–H groups in total. The molecule has 0 saturated heterocycles. The van der Waals surface area contributed by atoms with Crippen molar-refractivity contribution in [3.05, 3.63) is 33.3 Å². The summed E-state index contributed by atoms with van der Waals surface area (Å²) in [6.07, 6.45) is 0.965. The van der Waals surface area contributed by atoms with E-state index < -0.39 is 4.92 Å². The van der Waals surface area contributed by atoms with Crippen molar-refractivity contribution >= 4 is 34.6 Å². The van der Waals surface area contributed by atoms with Crippen LogP contribution in [0.1, 0.15) is 19.0 Å². The van der Waals surface area contributed by atoms with Crippen LogP contribution < -0.4 is 5.32 Å². The van der Waals surface area contributed by atoms with Crippen LogP contribution in [0.5, 0.6) is 0 Å². The minimum absolute atomic E-state index is 0.00454. The fraction of sp³-hybridized carbons (Fsp3) is 0.333. The molecular weight excluding hydrogens is 296 g/mol. The van der Waals surface area contributed by atoms with Gasteiger partial charge in [-0.2, -0.15) is 0 Å². The average Bonchev–Trinajstić information content (AvgIpc) is 2.81. The summed E-state index contributed by atoms with van der Waals surface area (Å²) in [5.74, 6) is 0.647. The lowest BCUT2D eigenvalue weighted by atomic mass is 10.4. The van der Waals surface area contributed by atoms with E-state index in [0.717, 1.165) is 23.0 Å². The smallest absolute Gasteiger partial charge is 0.301 e. The van der Waals surface area contributed by atoms with Crippen molar-refractivity contribution in [1.29, 1.82) is 0 Å². The van der Waals surface area contributed by atoms with Gasteiger partial charge in [0, 0.05) is 23.7 Å². The monoisotopic (exact) mass is 310 g/mol. The van der Waals surface area contributed by atoms with Gasteiger partial charge in [-0.15, -0.1) is 11.3 Å². The first-order chi connectivity index (χ1) is 9.60. The molecule has 2 aromatic rings. The third kappa shape index (κ3) is 3.67. The molecule has 2 aromatic heterocycles. The van der Waals surface area contributed by atoms with Crippen LogP contribution in [-0.4, -0.2) is 21.4 Å². The zero-order valence-corrected chi connectivity index (χ0v) is 12.8. The fourth-order valence-electron chi connectivity index (χ4n) is 1.46. The average molecular weight is 310 g/mol. The lowest BCUT2D eigenvalue weighted by Gasteiger charge is -2.05. The van der Waals surface area contributed by atoms with Gasteiger partial charge in [-0.25, -0.2) is 9.97 Å². The van der Waals surface area contributed by atoms with E-state index in [0.29, 0.717) is 10.8 Å². The Labute approximate surface area is 124 Å². The molecule has 0 aliphatic carbocycles. The van der Waals surface area contributed by atoms with E-state index in [1.165, 1.54) is 29.2 Å². The van der Waals surface area contributed by atoms with Crippen LogP contribution in [0.4, 0.5) is 11.5 Å². The van der Waals surface area contributed by atoms with E-state index in [1.54, 1.807) is 6.07 Å². The number of aryl methyl sites for hydroxylation is 1. The van der Waals surface area contributed by atoms with Gasteiger partial charge in [-0.05, 0) is 31.2 Å². The Morgan fingerprint density at radius 3 is 2.85 bits per heavy atom. The van der Waals surface area contributed by atoms with Crippen LogP contribution in [0.3, 0.4) is 0 Å². The third-order valence-corrected chi connectivity index (χ3v) is 4.43. The number of pyridine rings is 1. The lowest BCUT2D eigenvalue weighted by Crippen LogP contribution is -2.03. The highest BCUT2D eigenvalue weighted by Gasteiger charge is 2.18. The van der Waals surface area contributed by atoms with E-state index >= 15 is 0 Å². The minimum Gasteiger partial charge on any atom is -0.370 e. The Morgan fingerprint density at radius 1 is 1.45 bits per heavy atom. The van der Waals surface area contributed by atoms with Gasteiger partial charge in [-0.3, -0.25) is 10.1 Å². The van der Waals surface area contributed by atoms with Crippen molar-refractivity contribution in [3.63, 3.8) is 0 Å². The number of nitrogens with zero attached hydrogens (tertiary/aromatic N) is 3. The number of aromatic nitrogens is 2. The van der Waals surface area contributed by atoms with Crippen molar-refractivity contribution in [2.75, 3.05) is 11.9 Å². The second-order valence-electron chi connectivity index (χ2n) is 4.06. The van der Waals surface area contributed by atoms with Gasteiger partial charge in [0.2, 0.25) is 0 Å². The summed E-state index contributed by atoms with van der Waals surface area (Å²) in [7, 11) is 0. The Kier molecular flexibility index (Phi) is 4.91. The zero-order valence-electron chi connectivity index (χ0n) is 11.1. The number of thiazole rings is 1. The SMILES string of the molecule is CCCNc1ccc([N+](=O)[O-])c(Sc2nc(C)cs2)n1. The molecule has 0 aromatic carbocycles. The zero-order chi connectivity index (χ0) is 14.5. The van der Waals surface area contributed by atoms with Gasteiger partial charge in [-0.1, -0.05) is 6.92 Å². The van der Waals surface area contributed by atoms with Gasteiger partial charge in [0.15, 0.2) is 9.37 Å². The molecule has 0 radical (unpaired) electrons. The number of nitrogens with one attached hydrogen (secondary N) is 1. The largest absolute Gasteiger partial charge is 0.370 e. The Balaban J connectivity index is 2.28. The molecule has 0 atom stereocenters. The maximum atomic E-state index is 11.1. The van der Waals surface area contributed by atoms with Gasteiger partial charge in [0.25, 0.3) is 0 Å². The Hall–Kier alpha value is -1.67. The summed E-state index contributed by atoms with van der Waals surface area (Å²) in [6.45, 7) is 4.72. The second kappa shape index (κ2) is 6.67. The van der Waals surface area contributed by atoms with E-state index in [-0.39, 0.29) is 5.69 Å². The molecule has 2 rings (SSSR count). The molecule has 6 nitrogen and oxygen atoms in total. The number of hydrogen-bond acceptors (Lipinski definition) is 7. The summed E-state index contributed by atoms with van der Waals surface area (Å²) >= 11 is 2.68. The van der Waals surface area contributed by atoms with Crippen LogP contribution in [0, 0.1) is 17.0 Å². The van der Waals surface area contributed by atoms with Crippen LogP contribution in [0.2, 0.25) is 0 Å². The van der Waals surface area contributed by atoms with E-state index in [2.05, 4.69) is 15.3 Å². The van der Waals surface area contributed by atoms with Crippen LogP contribution in [-0.2, 0) is 0 Å². The van der Waals surface area contributed by atoms with Gasteiger partial charge >= 0.3 is 5.69 Å². The van der Waals surface area contributed by atoms with E-state index in [1.807, 2.05) is 19.2 Å².